The first-order valence-corrected chi connectivity index (χ1v) is 5.89. The summed E-state index contributed by atoms with van der Waals surface area (Å²) in [5, 5.41) is 3.25. The number of carbonyl (C=O) groups excluding carboxylic acids is 1. The fraction of sp³-hybridized carbons (Fsp3) is 0.545. The van der Waals surface area contributed by atoms with E-state index in [0.717, 1.165) is 13.1 Å². The van der Waals surface area contributed by atoms with Gasteiger partial charge in [-0.15, -0.1) is 11.3 Å². The Hall–Kier alpha value is -0.870. The highest BCUT2D eigenvalue weighted by atomic mass is 32.1. The van der Waals surface area contributed by atoms with Crippen molar-refractivity contribution >= 4 is 17.3 Å². The maximum atomic E-state index is 11.5. The van der Waals surface area contributed by atoms with E-state index < -0.39 is 0 Å². The molecule has 0 spiro atoms. The lowest BCUT2D eigenvalue weighted by atomic mass is 9.95. The zero-order valence-electron chi connectivity index (χ0n) is 8.95. The summed E-state index contributed by atoms with van der Waals surface area (Å²) in [6, 6.07) is 4.22. The second-order valence-corrected chi connectivity index (χ2v) is 5.16. The number of nitrogens with one attached hydrogen (secondary N) is 1. The van der Waals surface area contributed by atoms with Crippen LogP contribution in [0.3, 0.4) is 0 Å². The molecule has 1 aliphatic heterocycles. The molecule has 0 unspecified atom stereocenters. The first-order chi connectivity index (χ1) is 7.22. The molecule has 1 aromatic rings. The predicted octanol–water partition coefficient (Wildman–Crippen LogP) is 1.53. The van der Waals surface area contributed by atoms with Crippen LogP contribution < -0.4 is 5.32 Å². The summed E-state index contributed by atoms with van der Waals surface area (Å²) in [7, 11) is 1.46. The van der Waals surface area contributed by atoms with Crippen LogP contribution in [0.4, 0.5) is 0 Å². The molecular formula is C11H15NO2S. The zero-order valence-corrected chi connectivity index (χ0v) is 9.76. The van der Waals surface area contributed by atoms with Crippen LogP contribution in [-0.2, 0) is 9.53 Å². The van der Waals surface area contributed by atoms with Crippen molar-refractivity contribution in [2.24, 2.45) is 5.92 Å². The van der Waals surface area contributed by atoms with Crippen molar-refractivity contribution in [3.8, 4) is 0 Å². The minimum Gasteiger partial charge on any atom is -0.469 e. The highest BCUT2D eigenvalue weighted by molar-refractivity contribution is 7.12. The second kappa shape index (κ2) is 4.33. The second-order valence-electron chi connectivity index (χ2n) is 3.84. The Morgan fingerprint density at radius 1 is 1.53 bits per heavy atom. The zero-order chi connectivity index (χ0) is 10.8. The smallest absolute Gasteiger partial charge is 0.310 e. The first kappa shape index (κ1) is 10.6. The van der Waals surface area contributed by atoms with E-state index in [9.17, 15) is 4.79 Å². The van der Waals surface area contributed by atoms with Gasteiger partial charge in [0.15, 0.2) is 0 Å². The summed E-state index contributed by atoms with van der Waals surface area (Å²) >= 11 is 1.77. The lowest BCUT2D eigenvalue weighted by Crippen LogP contribution is -2.22. The summed E-state index contributed by atoms with van der Waals surface area (Å²) in [5.74, 6) is 0.167. The molecule has 1 aliphatic rings. The number of rotatable bonds is 2. The van der Waals surface area contributed by atoms with Gasteiger partial charge in [-0.3, -0.25) is 4.79 Å². The molecule has 82 valence electrons. The fourth-order valence-corrected chi connectivity index (χ4v) is 3.07. The molecule has 3 nitrogen and oxygen atoms in total. The average Bonchev–Trinajstić information content (AvgIpc) is 2.84. The van der Waals surface area contributed by atoms with Crippen LogP contribution in [0.1, 0.15) is 15.7 Å². The minimum atomic E-state index is -0.101. The lowest BCUT2D eigenvalue weighted by molar-refractivity contribution is -0.145. The summed E-state index contributed by atoms with van der Waals surface area (Å²) in [6.07, 6.45) is 0. The molecule has 1 N–H and O–H groups in total. The predicted molar refractivity (Wildman–Crippen MR) is 60.2 cm³/mol. The van der Waals surface area contributed by atoms with Crippen molar-refractivity contribution in [3.63, 3.8) is 0 Å². The van der Waals surface area contributed by atoms with E-state index in [1.807, 2.05) is 0 Å². The van der Waals surface area contributed by atoms with Crippen LogP contribution in [0, 0.1) is 12.8 Å². The SMILES string of the molecule is COC(=O)[C@H]1CNC[C@@H]1c1ccc(C)s1. The Labute approximate surface area is 93.4 Å². The standard InChI is InChI=1S/C11H15NO2S/c1-7-3-4-10(15-7)8-5-12-6-9(8)11(13)14-2/h3-4,8-9,12H,5-6H2,1-2H3/t8-,9-/m0/s1. The maximum Gasteiger partial charge on any atom is 0.310 e. The number of hydrogen-bond acceptors (Lipinski definition) is 4. The number of aryl methyl sites for hydroxylation is 1. The normalized spacial score (nSPS) is 25.5. The molecule has 4 heteroatoms. The first-order valence-electron chi connectivity index (χ1n) is 5.07. The van der Waals surface area contributed by atoms with E-state index in [1.165, 1.54) is 16.9 Å². The molecule has 0 amide bonds. The van der Waals surface area contributed by atoms with E-state index >= 15 is 0 Å². The van der Waals surface area contributed by atoms with Gasteiger partial charge in [0.05, 0.1) is 13.0 Å². The largest absolute Gasteiger partial charge is 0.469 e. The van der Waals surface area contributed by atoms with Crippen LogP contribution >= 0.6 is 11.3 Å². The van der Waals surface area contributed by atoms with Gasteiger partial charge >= 0.3 is 5.97 Å². The quantitative estimate of drug-likeness (QED) is 0.776. The minimum absolute atomic E-state index is 0.0203. The molecule has 0 aliphatic carbocycles. The van der Waals surface area contributed by atoms with Crippen LogP contribution in [0.15, 0.2) is 12.1 Å². The molecule has 0 aromatic carbocycles. The van der Waals surface area contributed by atoms with Crippen molar-refractivity contribution in [3.05, 3.63) is 21.9 Å². The topological polar surface area (TPSA) is 38.3 Å². The highest BCUT2D eigenvalue weighted by Gasteiger charge is 2.35. The number of methoxy groups -OCH3 is 1. The molecular weight excluding hydrogens is 210 g/mol. The molecule has 2 heterocycles. The van der Waals surface area contributed by atoms with Gasteiger partial charge < -0.3 is 10.1 Å². The van der Waals surface area contributed by atoms with Crippen molar-refractivity contribution in [1.82, 2.24) is 5.32 Å². The van der Waals surface area contributed by atoms with Crippen molar-refractivity contribution in [2.45, 2.75) is 12.8 Å². The Kier molecular flexibility index (Phi) is 3.07. The molecule has 1 fully saturated rings. The van der Waals surface area contributed by atoms with Gasteiger partial charge in [0.1, 0.15) is 0 Å². The highest BCUT2D eigenvalue weighted by Crippen LogP contribution is 2.33. The Morgan fingerprint density at radius 2 is 2.33 bits per heavy atom. The molecule has 1 saturated heterocycles. The summed E-state index contributed by atoms with van der Waals surface area (Å²) in [6.45, 7) is 3.69. The van der Waals surface area contributed by atoms with Crippen LogP contribution in [0.25, 0.3) is 0 Å². The van der Waals surface area contributed by atoms with E-state index in [4.69, 9.17) is 4.74 Å². The van der Waals surface area contributed by atoms with Gasteiger partial charge in [0.2, 0.25) is 0 Å². The van der Waals surface area contributed by atoms with Crippen molar-refractivity contribution in [1.29, 1.82) is 0 Å². The van der Waals surface area contributed by atoms with Crippen LogP contribution in [0.5, 0.6) is 0 Å². The molecule has 0 radical (unpaired) electrons. The van der Waals surface area contributed by atoms with Crippen molar-refractivity contribution < 1.29 is 9.53 Å². The van der Waals surface area contributed by atoms with E-state index in [1.54, 1.807) is 11.3 Å². The van der Waals surface area contributed by atoms with Gasteiger partial charge in [0, 0.05) is 28.8 Å². The number of esters is 1. The van der Waals surface area contributed by atoms with Gasteiger partial charge in [0.25, 0.3) is 0 Å². The van der Waals surface area contributed by atoms with Crippen LogP contribution in [-0.4, -0.2) is 26.2 Å². The van der Waals surface area contributed by atoms with E-state index in [-0.39, 0.29) is 17.8 Å². The van der Waals surface area contributed by atoms with Crippen molar-refractivity contribution in [2.75, 3.05) is 20.2 Å². The van der Waals surface area contributed by atoms with Gasteiger partial charge in [-0.25, -0.2) is 0 Å². The van der Waals surface area contributed by atoms with Gasteiger partial charge in [-0.1, -0.05) is 0 Å². The molecule has 0 saturated carbocycles. The molecule has 0 bridgehead atoms. The molecule has 2 atom stereocenters. The maximum absolute atomic E-state index is 11.5. The fourth-order valence-electron chi connectivity index (χ4n) is 2.03. The number of thiophene rings is 1. The molecule has 2 rings (SSSR count). The van der Waals surface area contributed by atoms with E-state index in [0.29, 0.717) is 0 Å². The third-order valence-corrected chi connectivity index (χ3v) is 3.98. The molecule has 1 aromatic heterocycles. The average molecular weight is 225 g/mol. The van der Waals surface area contributed by atoms with Crippen LogP contribution in [0.2, 0.25) is 0 Å². The monoisotopic (exact) mass is 225 g/mol. The summed E-state index contributed by atoms with van der Waals surface area (Å²) in [4.78, 5) is 14.1. The number of hydrogen-bond donors (Lipinski definition) is 1. The van der Waals surface area contributed by atoms with Gasteiger partial charge in [-0.2, -0.15) is 0 Å². The lowest BCUT2D eigenvalue weighted by Gasteiger charge is -2.14. The van der Waals surface area contributed by atoms with Gasteiger partial charge in [-0.05, 0) is 19.1 Å². The Bertz CT molecular complexity index is 361. The third kappa shape index (κ3) is 2.06. The molecule has 15 heavy (non-hydrogen) atoms. The number of ether oxygens (including phenoxy) is 1. The number of carbonyl (C=O) groups is 1. The summed E-state index contributed by atoms with van der Waals surface area (Å²) < 4.78 is 4.82. The van der Waals surface area contributed by atoms with E-state index in [2.05, 4.69) is 24.4 Å². The third-order valence-electron chi connectivity index (χ3n) is 2.84. The Morgan fingerprint density at radius 3 is 2.93 bits per heavy atom. The summed E-state index contributed by atoms with van der Waals surface area (Å²) in [5.41, 5.74) is 0. The Balaban J connectivity index is 2.18.